The van der Waals surface area contributed by atoms with E-state index < -0.39 is 0 Å². The molecule has 0 heterocycles. The topological polar surface area (TPSA) is 42.3 Å². The predicted octanol–water partition coefficient (Wildman–Crippen LogP) is 4.20. The van der Waals surface area contributed by atoms with Crippen LogP contribution in [0.2, 0.25) is 0 Å². The van der Waals surface area contributed by atoms with Crippen LogP contribution >= 0.6 is 0 Å². The minimum Gasteiger partial charge on any atom is -0.663 e. The first kappa shape index (κ1) is 25.3. The van der Waals surface area contributed by atoms with Crippen molar-refractivity contribution in [3.05, 3.63) is 16.0 Å². The molecular weight excluding hydrogens is 238 g/mol. The Morgan fingerprint density at radius 2 is 0.562 bits per heavy atom. The van der Waals surface area contributed by atoms with Crippen LogP contribution in [0.3, 0.4) is 0 Å². The normalized spacial score (nSPS) is 7.88. The second kappa shape index (κ2) is 36.1. The molecule has 0 spiro atoms. The molecule has 0 aromatic carbocycles. The Balaban J connectivity index is -0.0000000655. The van der Waals surface area contributed by atoms with Gasteiger partial charge < -0.3 is 16.0 Å². The van der Waals surface area contributed by atoms with Gasteiger partial charge in [-0.2, -0.15) is 39.3 Å². The summed E-state index contributed by atoms with van der Waals surface area (Å²) >= 11 is 0. The molecule has 0 atom stereocenters. The molecule has 0 aromatic heterocycles. The summed E-state index contributed by atoms with van der Waals surface area (Å²) in [4.78, 5) is 0. The van der Waals surface area contributed by atoms with Crippen LogP contribution in [-0.2, 0) is 17.4 Å². The molecule has 0 amide bonds. The molecule has 0 unspecified atom stereocenters. The smallest absolute Gasteiger partial charge is 0.663 e. The van der Waals surface area contributed by atoms with Gasteiger partial charge in [0.1, 0.15) is 0 Å². The van der Waals surface area contributed by atoms with E-state index in [1.54, 1.807) is 0 Å². The maximum absolute atomic E-state index is 3.97. The molecule has 0 aliphatic rings. The second-order valence-corrected chi connectivity index (χ2v) is 2.57. The van der Waals surface area contributed by atoms with Gasteiger partial charge in [0.15, 0.2) is 0 Å². The summed E-state index contributed by atoms with van der Waals surface area (Å²) in [5.74, 6) is 0. The first-order valence-electron chi connectivity index (χ1n) is 6.14. The van der Waals surface area contributed by atoms with Gasteiger partial charge in [0.25, 0.3) is 0 Å². The molecule has 0 saturated carbocycles. The Hall–Kier alpha value is 0.412. The van der Waals surface area contributed by atoms with Gasteiger partial charge in [-0.05, 0) is 0 Å². The van der Waals surface area contributed by atoms with Crippen molar-refractivity contribution in [1.82, 2.24) is 0 Å². The third kappa shape index (κ3) is 63.1. The van der Waals surface area contributed by atoms with E-state index in [1.807, 2.05) is 41.5 Å². The van der Waals surface area contributed by atoms with Gasteiger partial charge in [0, 0.05) is 0 Å². The fourth-order valence-electron chi connectivity index (χ4n) is 0.671. The molecule has 0 N–H and O–H groups in total. The summed E-state index contributed by atoms with van der Waals surface area (Å²) in [7, 11) is 0. The van der Waals surface area contributed by atoms with Crippen LogP contribution in [0, 0.1) is 0 Å². The second-order valence-electron chi connectivity index (χ2n) is 2.57. The van der Waals surface area contributed by atoms with Gasteiger partial charge in [0.05, 0.1) is 0 Å². The SMILES string of the molecule is CC[N-]CC.CC[N-]CC.CC[N-]CC.[Cr+3]. The Bertz CT molecular complexity index is 53.0. The molecular formula is C12H30CrN3. The van der Waals surface area contributed by atoms with Crippen molar-refractivity contribution in [1.29, 1.82) is 0 Å². The van der Waals surface area contributed by atoms with Gasteiger partial charge in [0.2, 0.25) is 0 Å². The number of rotatable bonds is 6. The van der Waals surface area contributed by atoms with E-state index >= 15 is 0 Å². The summed E-state index contributed by atoms with van der Waals surface area (Å²) in [6.07, 6.45) is 0. The largest absolute Gasteiger partial charge is 3.00 e. The third-order valence-corrected chi connectivity index (χ3v) is 1.34. The van der Waals surface area contributed by atoms with Gasteiger partial charge in [-0.1, -0.05) is 41.5 Å². The standard InChI is InChI=1S/3C4H10N.Cr/c3*1-3-5-4-2;/h3*3-4H2,1-2H3;/q3*-1;+3. The number of hydrogen-bond acceptors (Lipinski definition) is 0. The summed E-state index contributed by atoms with van der Waals surface area (Å²) in [6, 6.07) is 0. The molecule has 3 nitrogen and oxygen atoms in total. The van der Waals surface area contributed by atoms with Crippen LogP contribution in [0.4, 0.5) is 0 Å². The van der Waals surface area contributed by atoms with Gasteiger partial charge in [-0.15, -0.1) is 0 Å². The molecule has 0 rings (SSSR count). The Morgan fingerprint density at radius 1 is 0.438 bits per heavy atom. The van der Waals surface area contributed by atoms with E-state index in [1.165, 1.54) is 0 Å². The zero-order chi connectivity index (χ0) is 12.4. The van der Waals surface area contributed by atoms with Crippen LogP contribution in [0.15, 0.2) is 0 Å². The van der Waals surface area contributed by atoms with Gasteiger partial charge in [-0.3, -0.25) is 0 Å². The van der Waals surface area contributed by atoms with Crippen LogP contribution in [0.1, 0.15) is 41.5 Å². The average Bonchev–Trinajstić information content (AvgIpc) is 2.23. The van der Waals surface area contributed by atoms with Crippen LogP contribution in [-0.4, -0.2) is 39.3 Å². The number of hydrogen-bond donors (Lipinski definition) is 0. The van der Waals surface area contributed by atoms with E-state index in [4.69, 9.17) is 0 Å². The average molecular weight is 268 g/mol. The fraction of sp³-hybridized carbons (Fsp3) is 1.00. The van der Waals surface area contributed by atoms with Crippen LogP contribution in [0.25, 0.3) is 16.0 Å². The molecule has 1 radical (unpaired) electrons. The first-order valence-corrected chi connectivity index (χ1v) is 6.14. The maximum Gasteiger partial charge on any atom is 3.00 e. The number of nitrogens with zero attached hydrogens (tertiary/aromatic N) is 3. The quantitative estimate of drug-likeness (QED) is 0.693. The minimum atomic E-state index is 0. The molecule has 0 saturated heterocycles. The zero-order valence-electron chi connectivity index (χ0n) is 12.0. The molecule has 99 valence electrons. The molecule has 0 aromatic rings. The van der Waals surface area contributed by atoms with Gasteiger partial charge in [-0.25, -0.2) is 0 Å². The van der Waals surface area contributed by atoms with E-state index in [0.717, 1.165) is 39.3 Å². The monoisotopic (exact) mass is 268 g/mol. The Labute approximate surface area is 114 Å². The van der Waals surface area contributed by atoms with Crippen molar-refractivity contribution in [3.63, 3.8) is 0 Å². The molecule has 16 heavy (non-hydrogen) atoms. The van der Waals surface area contributed by atoms with E-state index in [0.29, 0.717) is 0 Å². The zero-order valence-corrected chi connectivity index (χ0v) is 13.3. The van der Waals surface area contributed by atoms with Crippen LogP contribution < -0.4 is 0 Å². The summed E-state index contributed by atoms with van der Waals surface area (Å²) < 4.78 is 0. The summed E-state index contributed by atoms with van der Waals surface area (Å²) in [5.41, 5.74) is 0. The van der Waals surface area contributed by atoms with Crippen LogP contribution in [0.5, 0.6) is 0 Å². The molecule has 0 bridgehead atoms. The summed E-state index contributed by atoms with van der Waals surface area (Å²) in [5, 5.41) is 11.9. The first-order chi connectivity index (χ1) is 7.24. The van der Waals surface area contributed by atoms with Crippen molar-refractivity contribution in [2.75, 3.05) is 39.3 Å². The predicted molar refractivity (Wildman–Crippen MR) is 73.3 cm³/mol. The van der Waals surface area contributed by atoms with E-state index in [9.17, 15) is 0 Å². The Morgan fingerprint density at radius 3 is 0.562 bits per heavy atom. The molecule has 4 heteroatoms. The minimum absolute atomic E-state index is 0. The van der Waals surface area contributed by atoms with Crippen molar-refractivity contribution in [2.24, 2.45) is 0 Å². The van der Waals surface area contributed by atoms with E-state index in [-0.39, 0.29) is 17.4 Å². The van der Waals surface area contributed by atoms with Crippen molar-refractivity contribution < 1.29 is 17.4 Å². The van der Waals surface area contributed by atoms with E-state index in [2.05, 4.69) is 16.0 Å². The van der Waals surface area contributed by atoms with Crippen molar-refractivity contribution in [3.8, 4) is 0 Å². The van der Waals surface area contributed by atoms with Crippen molar-refractivity contribution >= 4 is 0 Å². The molecule has 0 aliphatic carbocycles. The maximum atomic E-state index is 3.97. The fourth-order valence-corrected chi connectivity index (χ4v) is 0.671. The van der Waals surface area contributed by atoms with Gasteiger partial charge >= 0.3 is 17.4 Å². The third-order valence-electron chi connectivity index (χ3n) is 1.34. The molecule has 0 fully saturated rings. The molecule has 0 aliphatic heterocycles. The summed E-state index contributed by atoms with van der Waals surface area (Å²) in [6.45, 7) is 18.1. The van der Waals surface area contributed by atoms with Crippen molar-refractivity contribution in [2.45, 2.75) is 41.5 Å². The Kier molecular flexibility index (Phi) is 57.2.